The largest absolute Gasteiger partial charge is 0.360 e. The number of hydrogen-bond acceptors (Lipinski definition) is 2. The van der Waals surface area contributed by atoms with E-state index in [9.17, 15) is 4.79 Å². The van der Waals surface area contributed by atoms with E-state index in [1.54, 1.807) is 6.20 Å². The molecule has 0 spiro atoms. The number of nitrogens with one attached hydrogen (secondary N) is 2. The molecule has 0 fully saturated rings. The maximum atomic E-state index is 12.7. The van der Waals surface area contributed by atoms with Crippen molar-refractivity contribution in [3.63, 3.8) is 0 Å². The first-order valence-electron chi connectivity index (χ1n) is 9.31. The third-order valence-corrected chi connectivity index (χ3v) is 5.79. The van der Waals surface area contributed by atoms with Crippen LogP contribution in [0, 0.1) is 0 Å². The van der Waals surface area contributed by atoms with Gasteiger partial charge in [0, 0.05) is 47.3 Å². The van der Waals surface area contributed by atoms with Crippen LogP contribution in [-0.2, 0) is 13.0 Å². The molecule has 2 heterocycles. The Bertz CT molecular complexity index is 992. The number of carbonyl (C=O) groups is 1. The van der Waals surface area contributed by atoms with E-state index in [1.165, 1.54) is 11.1 Å². The lowest BCUT2D eigenvalue weighted by Gasteiger charge is -2.41. The molecule has 0 atom stereocenters. The fraction of sp³-hybridized carbons (Fsp3) is 0.318. The van der Waals surface area contributed by atoms with Crippen LogP contribution in [0.25, 0.3) is 10.9 Å². The number of H-pyrrole nitrogens is 1. The highest BCUT2D eigenvalue weighted by atomic mass is 35.5. The summed E-state index contributed by atoms with van der Waals surface area (Å²) in [7, 11) is 0. The van der Waals surface area contributed by atoms with E-state index in [0.717, 1.165) is 30.4 Å². The highest BCUT2D eigenvalue weighted by Gasteiger charge is 2.30. The molecule has 140 valence electrons. The van der Waals surface area contributed by atoms with Gasteiger partial charge in [-0.1, -0.05) is 41.9 Å². The number of nitrogens with zero attached hydrogens (tertiary/aromatic N) is 1. The highest BCUT2D eigenvalue weighted by Crippen LogP contribution is 2.26. The third-order valence-electron chi connectivity index (χ3n) is 5.56. The first-order chi connectivity index (χ1) is 12.9. The highest BCUT2D eigenvalue weighted by molar-refractivity contribution is 6.31. The molecule has 1 amide bonds. The van der Waals surface area contributed by atoms with Crippen molar-refractivity contribution in [3.05, 3.63) is 70.4 Å². The number of aromatic amines is 1. The maximum Gasteiger partial charge on any atom is 0.253 e. The molecule has 3 aromatic rings. The summed E-state index contributed by atoms with van der Waals surface area (Å²) in [5.74, 6) is -0.0611. The fourth-order valence-electron chi connectivity index (χ4n) is 3.80. The van der Waals surface area contributed by atoms with Crippen molar-refractivity contribution < 1.29 is 4.79 Å². The Morgan fingerprint density at radius 3 is 2.81 bits per heavy atom. The van der Waals surface area contributed by atoms with Gasteiger partial charge in [0.15, 0.2) is 0 Å². The van der Waals surface area contributed by atoms with Crippen molar-refractivity contribution in [3.8, 4) is 0 Å². The van der Waals surface area contributed by atoms with E-state index in [2.05, 4.69) is 53.3 Å². The molecule has 0 saturated heterocycles. The molecular weight excluding hydrogens is 358 g/mol. The van der Waals surface area contributed by atoms with Crippen molar-refractivity contribution in [1.82, 2.24) is 15.2 Å². The second-order valence-electron chi connectivity index (χ2n) is 7.83. The van der Waals surface area contributed by atoms with Crippen molar-refractivity contribution in [2.45, 2.75) is 32.4 Å². The molecule has 2 N–H and O–H groups in total. The molecule has 0 saturated carbocycles. The number of carbonyl (C=O) groups excluding carboxylic acids is 1. The van der Waals surface area contributed by atoms with E-state index in [-0.39, 0.29) is 11.4 Å². The van der Waals surface area contributed by atoms with Gasteiger partial charge in [0.1, 0.15) is 0 Å². The number of fused-ring (bicyclic) bond motifs is 2. The Morgan fingerprint density at radius 1 is 1.22 bits per heavy atom. The van der Waals surface area contributed by atoms with Gasteiger partial charge in [-0.25, -0.2) is 0 Å². The van der Waals surface area contributed by atoms with Gasteiger partial charge in [0.2, 0.25) is 0 Å². The average molecular weight is 382 g/mol. The number of hydrogen-bond donors (Lipinski definition) is 2. The molecule has 27 heavy (non-hydrogen) atoms. The zero-order valence-corrected chi connectivity index (χ0v) is 16.4. The normalized spacial score (nSPS) is 14.9. The first-order valence-corrected chi connectivity index (χ1v) is 9.68. The molecular formula is C22H24ClN3O. The molecule has 4 nitrogen and oxygen atoms in total. The van der Waals surface area contributed by atoms with Crippen LogP contribution in [0.3, 0.4) is 0 Å². The van der Waals surface area contributed by atoms with E-state index in [0.29, 0.717) is 17.1 Å². The van der Waals surface area contributed by atoms with Crippen LogP contribution in [0.1, 0.15) is 35.3 Å². The van der Waals surface area contributed by atoms with Crippen molar-refractivity contribution in [2.24, 2.45) is 0 Å². The summed E-state index contributed by atoms with van der Waals surface area (Å²) in [6.07, 6.45) is 2.80. The lowest BCUT2D eigenvalue weighted by molar-refractivity contribution is 0.0827. The van der Waals surface area contributed by atoms with Crippen LogP contribution in [0.5, 0.6) is 0 Å². The van der Waals surface area contributed by atoms with E-state index in [1.807, 2.05) is 18.2 Å². The molecule has 0 radical (unpaired) electrons. The lowest BCUT2D eigenvalue weighted by Crippen LogP contribution is -2.53. The van der Waals surface area contributed by atoms with Gasteiger partial charge in [0.05, 0.1) is 5.56 Å². The molecule has 1 aliphatic heterocycles. The Labute approximate surface area is 164 Å². The number of amides is 1. The predicted molar refractivity (Wildman–Crippen MR) is 110 cm³/mol. The molecule has 5 heteroatoms. The van der Waals surface area contributed by atoms with Crippen LogP contribution in [0.2, 0.25) is 5.02 Å². The summed E-state index contributed by atoms with van der Waals surface area (Å²) in [4.78, 5) is 18.3. The van der Waals surface area contributed by atoms with Crippen LogP contribution in [0.15, 0.2) is 48.7 Å². The smallest absolute Gasteiger partial charge is 0.253 e. The molecule has 0 unspecified atom stereocenters. The minimum absolute atomic E-state index is 0.0611. The Morgan fingerprint density at radius 2 is 2.00 bits per heavy atom. The number of halogens is 1. The molecule has 0 bridgehead atoms. The monoisotopic (exact) mass is 381 g/mol. The summed E-state index contributed by atoms with van der Waals surface area (Å²) in [5.41, 5.74) is 4.22. The third kappa shape index (κ3) is 3.60. The molecule has 0 aliphatic carbocycles. The predicted octanol–water partition coefficient (Wildman–Crippen LogP) is 4.39. The van der Waals surface area contributed by atoms with Crippen LogP contribution >= 0.6 is 11.6 Å². The standard InChI is InChI=1S/C22H24ClN3O/c1-22(2,26-10-9-15-5-3-4-6-16(15)13-26)14-25-21(27)19-12-24-20-11-17(23)7-8-18(19)20/h3-8,11-12,24H,9-10,13-14H2,1-2H3,(H,25,27). The van der Waals surface area contributed by atoms with Crippen molar-refractivity contribution in [1.29, 1.82) is 0 Å². The summed E-state index contributed by atoms with van der Waals surface area (Å²) in [6, 6.07) is 14.1. The van der Waals surface area contributed by atoms with Gasteiger partial charge in [-0.3, -0.25) is 9.69 Å². The SMILES string of the molecule is CC(C)(CNC(=O)c1c[nH]c2cc(Cl)ccc12)N1CCc2ccccc2C1. The van der Waals surface area contributed by atoms with E-state index >= 15 is 0 Å². The second-order valence-corrected chi connectivity index (χ2v) is 8.26. The molecule has 1 aliphatic rings. The zero-order valence-electron chi connectivity index (χ0n) is 15.7. The van der Waals surface area contributed by atoms with Gasteiger partial charge < -0.3 is 10.3 Å². The quantitative estimate of drug-likeness (QED) is 0.704. The summed E-state index contributed by atoms with van der Waals surface area (Å²) in [5, 5.41) is 4.67. The maximum absolute atomic E-state index is 12.7. The molecule has 2 aromatic carbocycles. The van der Waals surface area contributed by atoms with Gasteiger partial charge in [-0.2, -0.15) is 0 Å². The van der Waals surface area contributed by atoms with Crippen LogP contribution in [-0.4, -0.2) is 34.4 Å². The minimum Gasteiger partial charge on any atom is -0.360 e. The van der Waals surface area contributed by atoms with Gasteiger partial charge in [-0.15, -0.1) is 0 Å². The van der Waals surface area contributed by atoms with Crippen molar-refractivity contribution >= 4 is 28.4 Å². The number of aromatic nitrogens is 1. The first kappa shape index (κ1) is 18.1. The fourth-order valence-corrected chi connectivity index (χ4v) is 3.97. The minimum atomic E-state index is -0.126. The van der Waals surface area contributed by atoms with Crippen LogP contribution < -0.4 is 5.32 Å². The van der Waals surface area contributed by atoms with Gasteiger partial charge in [0.25, 0.3) is 5.91 Å². The lowest BCUT2D eigenvalue weighted by atomic mass is 9.94. The Hall–Kier alpha value is -2.30. The number of rotatable bonds is 4. The van der Waals surface area contributed by atoms with Crippen LogP contribution in [0.4, 0.5) is 0 Å². The van der Waals surface area contributed by atoms with Gasteiger partial charge in [-0.05, 0) is 43.5 Å². The summed E-state index contributed by atoms with van der Waals surface area (Å²) < 4.78 is 0. The number of benzene rings is 2. The van der Waals surface area contributed by atoms with E-state index in [4.69, 9.17) is 11.6 Å². The second kappa shape index (κ2) is 7.02. The topological polar surface area (TPSA) is 48.1 Å². The summed E-state index contributed by atoms with van der Waals surface area (Å²) in [6.45, 7) is 6.90. The molecule has 1 aromatic heterocycles. The average Bonchev–Trinajstić information content (AvgIpc) is 3.09. The van der Waals surface area contributed by atoms with E-state index < -0.39 is 0 Å². The zero-order chi connectivity index (χ0) is 19.0. The Balaban J connectivity index is 1.45. The van der Waals surface area contributed by atoms with Crippen molar-refractivity contribution in [2.75, 3.05) is 13.1 Å². The molecule has 4 rings (SSSR count). The van der Waals surface area contributed by atoms with Gasteiger partial charge >= 0.3 is 0 Å². The summed E-state index contributed by atoms with van der Waals surface area (Å²) >= 11 is 6.02. The Kier molecular flexibility index (Phi) is 4.70.